The van der Waals surface area contributed by atoms with E-state index in [0.717, 1.165) is 4.31 Å². The van der Waals surface area contributed by atoms with Crippen LogP contribution in [0.15, 0.2) is 17.0 Å². The van der Waals surface area contributed by atoms with Crippen molar-refractivity contribution in [3.05, 3.63) is 22.7 Å². The first-order valence-electron chi connectivity index (χ1n) is 5.65. The number of β-amino-alcohol motifs (C(OH)–C–C–N with tert-alkyl or cyclic N) is 2. The smallest absolute Gasteiger partial charge is 0.243 e. The van der Waals surface area contributed by atoms with Crippen LogP contribution in [0, 0.1) is 6.92 Å². The second-order valence-electron chi connectivity index (χ2n) is 4.57. The number of hydrogen-bond acceptors (Lipinski definition) is 5. The van der Waals surface area contributed by atoms with Gasteiger partial charge in [-0.25, -0.2) is 8.42 Å². The minimum absolute atomic E-state index is 0.00111. The van der Waals surface area contributed by atoms with E-state index >= 15 is 0 Å². The molecule has 1 aromatic rings. The summed E-state index contributed by atoms with van der Waals surface area (Å²) in [6.45, 7) is 1.30. The minimum atomic E-state index is -3.83. The summed E-state index contributed by atoms with van der Waals surface area (Å²) in [6.07, 6.45) is -2.15. The number of nitrogens with zero attached hydrogens (tertiary/aromatic N) is 1. The zero-order valence-corrected chi connectivity index (χ0v) is 11.8. The molecule has 2 atom stereocenters. The Morgan fingerprint density at radius 1 is 1.32 bits per heavy atom. The van der Waals surface area contributed by atoms with E-state index in [-0.39, 0.29) is 28.7 Å². The summed E-state index contributed by atoms with van der Waals surface area (Å²) in [4.78, 5) is -0.00111. The Morgan fingerprint density at radius 2 is 1.84 bits per heavy atom. The molecule has 0 aliphatic carbocycles. The molecule has 1 heterocycles. The van der Waals surface area contributed by atoms with Gasteiger partial charge >= 0.3 is 0 Å². The minimum Gasteiger partial charge on any atom is -0.398 e. The molecular weight excluding hydrogens is 292 g/mol. The molecule has 0 spiro atoms. The zero-order valence-electron chi connectivity index (χ0n) is 10.2. The van der Waals surface area contributed by atoms with Crippen molar-refractivity contribution in [2.24, 2.45) is 0 Å². The molecule has 8 heteroatoms. The van der Waals surface area contributed by atoms with Crippen molar-refractivity contribution in [3.8, 4) is 0 Å². The van der Waals surface area contributed by atoms with Gasteiger partial charge in [0.25, 0.3) is 0 Å². The number of aliphatic hydroxyl groups is 2. The van der Waals surface area contributed by atoms with Gasteiger partial charge in [0.05, 0.1) is 17.1 Å². The normalized spacial score (nSPS) is 24.8. The first-order chi connectivity index (χ1) is 8.73. The van der Waals surface area contributed by atoms with E-state index in [0.29, 0.717) is 5.56 Å². The number of aliphatic hydroxyl groups excluding tert-OH is 2. The third-order valence-corrected chi connectivity index (χ3v) is 5.38. The molecule has 1 aliphatic rings. The maximum absolute atomic E-state index is 12.4. The van der Waals surface area contributed by atoms with E-state index in [4.69, 9.17) is 17.3 Å². The lowest BCUT2D eigenvalue weighted by atomic mass is 10.2. The number of hydrogen-bond donors (Lipinski definition) is 3. The highest BCUT2D eigenvalue weighted by atomic mass is 35.5. The molecule has 1 aromatic carbocycles. The number of nitrogen functional groups attached to an aromatic ring is 1. The van der Waals surface area contributed by atoms with Crippen LogP contribution in [0.3, 0.4) is 0 Å². The highest BCUT2D eigenvalue weighted by Gasteiger charge is 2.38. The molecule has 0 bridgehead atoms. The Morgan fingerprint density at radius 3 is 2.37 bits per heavy atom. The SMILES string of the molecule is Cc1c(N)cc(Cl)cc1S(=O)(=O)N1C[C@@H](O)[C@@H](O)C1. The van der Waals surface area contributed by atoms with Crippen LogP contribution in [0.5, 0.6) is 0 Å². The molecule has 0 radical (unpaired) electrons. The van der Waals surface area contributed by atoms with Crippen molar-refractivity contribution in [3.63, 3.8) is 0 Å². The summed E-state index contributed by atoms with van der Waals surface area (Å²) in [5.74, 6) is 0. The molecule has 6 nitrogen and oxygen atoms in total. The summed E-state index contributed by atoms with van der Waals surface area (Å²) in [5, 5.41) is 19.1. The molecule has 1 aliphatic heterocycles. The number of nitrogens with two attached hydrogens (primary N) is 1. The van der Waals surface area contributed by atoms with Crippen molar-refractivity contribution in [2.75, 3.05) is 18.8 Å². The third kappa shape index (κ3) is 2.56. The predicted octanol–water partition coefficient (Wildman–Crippen LogP) is -0.0433. The van der Waals surface area contributed by atoms with Gasteiger partial charge in [-0.1, -0.05) is 11.6 Å². The van der Waals surface area contributed by atoms with Gasteiger partial charge in [0.1, 0.15) is 0 Å². The van der Waals surface area contributed by atoms with Crippen LogP contribution >= 0.6 is 11.6 Å². The molecule has 0 amide bonds. The van der Waals surface area contributed by atoms with Crippen LogP contribution in [0.25, 0.3) is 0 Å². The Hall–Kier alpha value is -0.860. The van der Waals surface area contributed by atoms with Gasteiger partial charge in [0.2, 0.25) is 10.0 Å². The van der Waals surface area contributed by atoms with E-state index in [1.165, 1.54) is 12.1 Å². The molecule has 19 heavy (non-hydrogen) atoms. The van der Waals surface area contributed by atoms with E-state index in [9.17, 15) is 18.6 Å². The molecule has 106 valence electrons. The lowest BCUT2D eigenvalue weighted by Gasteiger charge is -2.18. The van der Waals surface area contributed by atoms with E-state index in [2.05, 4.69) is 0 Å². The van der Waals surface area contributed by atoms with Crippen molar-refractivity contribution >= 4 is 27.3 Å². The fraction of sp³-hybridized carbons (Fsp3) is 0.455. The van der Waals surface area contributed by atoms with Crippen molar-refractivity contribution in [1.82, 2.24) is 4.31 Å². The summed E-state index contributed by atoms with van der Waals surface area (Å²) in [6, 6.07) is 2.79. The van der Waals surface area contributed by atoms with Crippen molar-refractivity contribution < 1.29 is 18.6 Å². The van der Waals surface area contributed by atoms with Crippen molar-refractivity contribution in [1.29, 1.82) is 0 Å². The Kier molecular flexibility index (Phi) is 3.76. The average Bonchev–Trinajstić information content (AvgIpc) is 2.65. The molecule has 0 unspecified atom stereocenters. The van der Waals surface area contributed by atoms with Crippen LogP contribution in [0.4, 0.5) is 5.69 Å². The topological polar surface area (TPSA) is 104 Å². The maximum Gasteiger partial charge on any atom is 0.243 e. The predicted molar refractivity (Wildman–Crippen MR) is 71.4 cm³/mol. The molecule has 0 aromatic heterocycles. The maximum atomic E-state index is 12.4. The van der Waals surface area contributed by atoms with Crippen molar-refractivity contribution in [2.45, 2.75) is 24.0 Å². The van der Waals surface area contributed by atoms with Crippen LogP contribution in [-0.2, 0) is 10.0 Å². The Labute approximate surface area is 116 Å². The van der Waals surface area contributed by atoms with Gasteiger partial charge in [-0.15, -0.1) is 0 Å². The van der Waals surface area contributed by atoms with E-state index in [1.807, 2.05) is 0 Å². The molecule has 2 rings (SSSR count). The van der Waals surface area contributed by atoms with E-state index < -0.39 is 22.2 Å². The first-order valence-corrected chi connectivity index (χ1v) is 7.47. The molecule has 1 fully saturated rings. The largest absolute Gasteiger partial charge is 0.398 e. The lowest BCUT2D eigenvalue weighted by molar-refractivity contribution is 0.0572. The molecule has 4 N–H and O–H groups in total. The summed E-state index contributed by atoms with van der Waals surface area (Å²) in [7, 11) is -3.83. The quantitative estimate of drug-likeness (QED) is 0.665. The number of sulfonamides is 1. The molecule has 1 saturated heterocycles. The van der Waals surface area contributed by atoms with Gasteiger partial charge in [-0.2, -0.15) is 4.31 Å². The van der Waals surface area contributed by atoms with Crippen LogP contribution in [0.2, 0.25) is 5.02 Å². The zero-order chi connectivity index (χ0) is 14.4. The van der Waals surface area contributed by atoms with E-state index in [1.54, 1.807) is 6.92 Å². The highest BCUT2D eigenvalue weighted by molar-refractivity contribution is 7.89. The molecule has 0 saturated carbocycles. The fourth-order valence-corrected chi connectivity index (χ4v) is 4.06. The standard InChI is InChI=1S/C11H15ClN2O4S/c1-6-8(13)2-7(12)3-11(6)19(17,18)14-4-9(15)10(16)5-14/h2-3,9-10,15-16H,4-5,13H2,1H3/t9-,10+. The Bertz CT molecular complexity index is 595. The van der Waals surface area contributed by atoms with Gasteiger partial charge in [0.15, 0.2) is 0 Å². The highest BCUT2D eigenvalue weighted by Crippen LogP contribution is 2.29. The van der Waals surface area contributed by atoms with Gasteiger partial charge < -0.3 is 15.9 Å². The second-order valence-corrected chi connectivity index (χ2v) is 6.92. The van der Waals surface area contributed by atoms with Crippen LogP contribution < -0.4 is 5.73 Å². The van der Waals surface area contributed by atoms with Gasteiger partial charge in [-0.3, -0.25) is 0 Å². The first kappa shape index (κ1) is 14.5. The second kappa shape index (κ2) is 4.92. The monoisotopic (exact) mass is 306 g/mol. The number of halogens is 1. The summed E-state index contributed by atoms with van der Waals surface area (Å²) < 4.78 is 25.9. The van der Waals surface area contributed by atoms with Gasteiger partial charge in [0, 0.05) is 23.8 Å². The summed E-state index contributed by atoms with van der Waals surface area (Å²) in [5.41, 5.74) is 6.39. The van der Waals surface area contributed by atoms with Crippen LogP contribution in [-0.4, -0.2) is 48.2 Å². The number of rotatable bonds is 2. The fourth-order valence-electron chi connectivity index (χ4n) is 2.01. The number of anilines is 1. The summed E-state index contributed by atoms with van der Waals surface area (Å²) >= 11 is 5.83. The lowest BCUT2D eigenvalue weighted by Crippen LogP contribution is -2.30. The third-order valence-electron chi connectivity index (χ3n) is 3.21. The Balaban J connectivity index is 2.46. The average molecular weight is 307 g/mol. The van der Waals surface area contributed by atoms with Crippen LogP contribution in [0.1, 0.15) is 5.56 Å². The number of benzene rings is 1. The van der Waals surface area contributed by atoms with Gasteiger partial charge in [-0.05, 0) is 24.6 Å². The molecular formula is C11H15ClN2O4S.